The van der Waals surface area contributed by atoms with Crippen LogP contribution in [0.4, 0.5) is 5.69 Å². The van der Waals surface area contributed by atoms with Gasteiger partial charge in [-0.15, -0.1) is 11.8 Å². The molecular weight excluding hydrogens is 628 g/mol. The van der Waals surface area contributed by atoms with Crippen LogP contribution in [0.5, 0.6) is 5.75 Å². The number of hydrogen-bond acceptors (Lipinski definition) is 8. The Balaban J connectivity index is 1.25. The zero-order chi connectivity index (χ0) is 33.3. The fraction of sp³-hybridized carbons (Fsp3) is 0.486. The number of ether oxygens (including phenoxy) is 2. The lowest BCUT2D eigenvalue weighted by atomic mass is 9.78. The fourth-order valence-electron chi connectivity index (χ4n) is 8.06. The van der Waals surface area contributed by atoms with Crippen molar-refractivity contribution in [2.75, 3.05) is 70.6 Å². The van der Waals surface area contributed by atoms with Crippen molar-refractivity contribution in [2.24, 2.45) is 11.8 Å². The molecule has 5 heterocycles. The molecule has 48 heavy (non-hydrogen) atoms. The first kappa shape index (κ1) is 32.9. The monoisotopic (exact) mass is 672 g/mol. The van der Waals surface area contributed by atoms with E-state index in [-0.39, 0.29) is 29.6 Å². The Morgan fingerprint density at radius 2 is 1.73 bits per heavy atom. The van der Waals surface area contributed by atoms with Gasteiger partial charge in [-0.25, -0.2) is 0 Å². The van der Waals surface area contributed by atoms with Crippen LogP contribution in [0, 0.1) is 11.8 Å². The second-order valence-electron chi connectivity index (χ2n) is 13.1. The van der Waals surface area contributed by atoms with E-state index in [4.69, 9.17) is 9.47 Å². The second kappa shape index (κ2) is 14.1. The number of hydrogen-bond donors (Lipinski definition) is 1. The molecule has 11 heteroatoms. The minimum atomic E-state index is -0.955. The molecule has 0 aromatic heterocycles. The SMILES string of the molecule is CCOc1ccc(N2CC=C[C@H]3S[C@]45C=CCN(CCN6CCOCC6)C(=O)C4N([C@@H](CO)Cc4ccccc4)C(=O)[C@@H]5[C@H]3C2=O)cc1. The van der Waals surface area contributed by atoms with E-state index in [2.05, 4.69) is 11.0 Å². The molecule has 254 valence electrons. The van der Waals surface area contributed by atoms with Crippen LogP contribution in [0.1, 0.15) is 12.5 Å². The van der Waals surface area contributed by atoms with Gasteiger partial charge in [0.05, 0.1) is 49.1 Å². The van der Waals surface area contributed by atoms with Gasteiger partial charge < -0.3 is 29.3 Å². The minimum absolute atomic E-state index is 0.126. The van der Waals surface area contributed by atoms with Gasteiger partial charge in [0.25, 0.3) is 0 Å². The highest BCUT2D eigenvalue weighted by Gasteiger charge is 2.71. The first-order valence-electron chi connectivity index (χ1n) is 17.1. The highest BCUT2D eigenvalue weighted by atomic mass is 32.2. The summed E-state index contributed by atoms with van der Waals surface area (Å²) in [4.78, 5) is 51.9. The van der Waals surface area contributed by atoms with Crippen molar-refractivity contribution in [1.29, 1.82) is 0 Å². The molecule has 0 saturated carbocycles. The zero-order valence-corrected chi connectivity index (χ0v) is 28.2. The van der Waals surface area contributed by atoms with Gasteiger partial charge in [0.1, 0.15) is 11.8 Å². The summed E-state index contributed by atoms with van der Waals surface area (Å²) < 4.78 is 10.2. The number of rotatable bonds is 10. The van der Waals surface area contributed by atoms with Gasteiger partial charge in [-0.05, 0) is 43.2 Å². The third kappa shape index (κ3) is 5.95. The number of aliphatic hydroxyl groups is 1. The molecule has 2 aromatic carbocycles. The molecule has 3 amide bonds. The summed E-state index contributed by atoms with van der Waals surface area (Å²) in [5, 5.41) is 10.6. The number of benzene rings is 2. The zero-order valence-electron chi connectivity index (χ0n) is 27.4. The maximum absolute atomic E-state index is 14.9. The van der Waals surface area contributed by atoms with E-state index in [0.717, 1.165) is 30.1 Å². The van der Waals surface area contributed by atoms with Gasteiger partial charge in [-0.1, -0.05) is 54.6 Å². The molecule has 1 spiro atoms. The average Bonchev–Trinajstić information content (AvgIpc) is 3.43. The molecule has 10 nitrogen and oxygen atoms in total. The summed E-state index contributed by atoms with van der Waals surface area (Å²) in [7, 11) is 0. The Kier molecular flexibility index (Phi) is 9.64. The van der Waals surface area contributed by atoms with Crippen molar-refractivity contribution in [3.8, 4) is 5.75 Å². The molecule has 7 rings (SSSR count). The second-order valence-corrected chi connectivity index (χ2v) is 14.5. The Morgan fingerprint density at radius 3 is 2.46 bits per heavy atom. The molecule has 0 bridgehead atoms. The largest absolute Gasteiger partial charge is 0.494 e. The number of carbonyl (C=O) groups excluding carboxylic acids is 3. The lowest BCUT2D eigenvalue weighted by molar-refractivity contribution is -0.145. The van der Waals surface area contributed by atoms with Crippen LogP contribution in [-0.2, 0) is 25.5 Å². The van der Waals surface area contributed by atoms with E-state index in [1.807, 2.05) is 84.6 Å². The van der Waals surface area contributed by atoms with Crippen LogP contribution in [-0.4, -0.2) is 125 Å². The van der Waals surface area contributed by atoms with E-state index in [1.165, 1.54) is 0 Å². The molecule has 5 aliphatic rings. The van der Waals surface area contributed by atoms with Crippen molar-refractivity contribution in [3.05, 3.63) is 84.5 Å². The smallest absolute Gasteiger partial charge is 0.247 e. The summed E-state index contributed by atoms with van der Waals surface area (Å²) in [6, 6.07) is 15.7. The van der Waals surface area contributed by atoms with Crippen molar-refractivity contribution < 1.29 is 29.0 Å². The van der Waals surface area contributed by atoms with Crippen LogP contribution < -0.4 is 9.64 Å². The normalized spacial score (nSPS) is 29.4. The van der Waals surface area contributed by atoms with Crippen molar-refractivity contribution in [2.45, 2.75) is 35.4 Å². The van der Waals surface area contributed by atoms with Crippen LogP contribution >= 0.6 is 11.8 Å². The van der Waals surface area contributed by atoms with Gasteiger partial charge in [-0.2, -0.15) is 0 Å². The Morgan fingerprint density at radius 1 is 0.958 bits per heavy atom. The minimum Gasteiger partial charge on any atom is -0.494 e. The summed E-state index contributed by atoms with van der Waals surface area (Å²) in [5.74, 6) is -1.20. The molecule has 0 radical (unpaired) electrons. The highest BCUT2D eigenvalue weighted by Crippen LogP contribution is 2.61. The van der Waals surface area contributed by atoms with E-state index in [9.17, 15) is 19.5 Å². The van der Waals surface area contributed by atoms with E-state index >= 15 is 0 Å². The predicted molar refractivity (Wildman–Crippen MR) is 185 cm³/mol. The molecule has 6 atom stereocenters. The Bertz CT molecular complexity index is 1550. The lowest BCUT2D eigenvalue weighted by Gasteiger charge is -2.39. The number of fused-ring (bicyclic) bond motifs is 2. The van der Waals surface area contributed by atoms with Gasteiger partial charge in [0.2, 0.25) is 17.7 Å². The standard InChI is InChI=1S/C37H44N4O6S/c1-2-47-29-13-11-27(12-14-29)40-17-6-10-30-31(34(40)43)32-35(44)41(28(25-42)24-26-8-4-3-5-9-26)33-36(45)39(16-7-15-37(32,33)48-30)19-18-38-20-22-46-23-21-38/h3-15,28,30-33,42H,2,16-25H2,1H3/t28-,30-,31+,32+,33?,37+/m1/s1. The third-order valence-corrected chi connectivity index (χ3v) is 12.1. The molecule has 1 N–H and O–H groups in total. The number of aliphatic hydroxyl groups excluding tert-OH is 1. The Hall–Kier alpha value is -3.64. The summed E-state index contributed by atoms with van der Waals surface area (Å²) in [5.41, 5.74) is 1.70. The lowest BCUT2D eigenvalue weighted by Crippen LogP contribution is -2.57. The van der Waals surface area contributed by atoms with E-state index in [1.54, 1.807) is 21.6 Å². The number of anilines is 1. The maximum atomic E-state index is 14.9. The van der Waals surface area contributed by atoms with Crippen molar-refractivity contribution in [3.63, 3.8) is 0 Å². The number of amides is 3. The van der Waals surface area contributed by atoms with Gasteiger partial charge >= 0.3 is 0 Å². The average molecular weight is 673 g/mol. The van der Waals surface area contributed by atoms with Crippen LogP contribution in [0.3, 0.4) is 0 Å². The fourth-order valence-corrected chi connectivity index (χ4v) is 10.1. The molecule has 3 fully saturated rings. The molecule has 0 aliphatic carbocycles. The van der Waals surface area contributed by atoms with Crippen LogP contribution in [0.25, 0.3) is 0 Å². The van der Waals surface area contributed by atoms with Gasteiger partial charge in [0, 0.05) is 50.2 Å². The maximum Gasteiger partial charge on any atom is 0.247 e. The number of thioether (sulfide) groups is 1. The number of morpholine rings is 1. The quantitative estimate of drug-likeness (QED) is 0.385. The summed E-state index contributed by atoms with van der Waals surface area (Å²) in [6.45, 7) is 7.22. The van der Waals surface area contributed by atoms with E-state index in [0.29, 0.717) is 52.4 Å². The highest BCUT2D eigenvalue weighted by molar-refractivity contribution is 8.02. The Labute approximate surface area is 286 Å². The molecule has 1 unspecified atom stereocenters. The number of carbonyl (C=O) groups is 3. The number of nitrogens with zero attached hydrogens (tertiary/aromatic N) is 4. The summed E-state index contributed by atoms with van der Waals surface area (Å²) in [6.07, 6.45) is 8.52. The van der Waals surface area contributed by atoms with Crippen molar-refractivity contribution in [1.82, 2.24) is 14.7 Å². The molecule has 2 aromatic rings. The van der Waals surface area contributed by atoms with Gasteiger partial charge in [-0.3, -0.25) is 19.3 Å². The van der Waals surface area contributed by atoms with Crippen LogP contribution in [0.2, 0.25) is 0 Å². The third-order valence-electron chi connectivity index (χ3n) is 10.3. The first-order valence-corrected chi connectivity index (χ1v) is 18.0. The molecular formula is C37H44N4O6S. The number of likely N-dealkylation sites (tertiary alicyclic amines) is 1. The molecule has 3 saturated heterocycles. The predicted octanol–water partition coefficient (Wildman–Crippen LogP) is 2.62. The molecule has 5 aliphatic heterocycles. The van der Waals surface area contributed by atoms with E-state index < -0.39 is 28.7 Å². The van der Waals surface area contributed by atoms with Gasteiger partial charge in [0.15, 0.2) is 0 Å². The van der Waals surface area contributed by atoms with Crippen molar-refractivity contribution >= 4 is 35.2 Å². The first-order chi connectivity index (χ1) is 23.4. The topological polar surface area (TPSA) is 103 Å². The summed E-state index contributed by atoms with van der Waals surface area (Å²) >= 11 is 1.57. The van der Waals surface area contributed by atoms with Crippen LogP contribution in [0.15, 0.2) is 78.9 Å².